The molecule has 8 heteroatoms. The van der Waals surface area contributed by atoms with E-state index in [2.05, 4.69) is 21.2 Å². The summed E-state index contributed by atoms with van der Waals surface area (Å²) in [5.41, 5.74) is 0. The second-order valence-corrected chi connectivity index (χ2v) is 8.54. The van der Waals surface area contributed by atoms with E-state index in [9.17, 15) is 13.2 Å². The molecule has 0 aliphatic heterocycles. The third-order valence-electron chi connectivity index (χ3n) is 2.90. The molecule has 118 valence electrons. The molecule has 1 heterocycles. The van der Waals surface area contributed by atoms with E-state index in [1.807, 2.05) is 11.4 Å². The van der Waals surface area contributed by atoms with E-state index < -0.39 is 10.0 Å². The highest BCUT2D eigenvalue weighted by Gasteiger charge is 2.22. The van der Waals surface area contributed by atoms with Gasteiger partial charge in [0.15, 0.2) is 0 Å². The maximum absolute atomic E-state index is 12.3. The summed E-state index contributed by atoms with van der Waals surface area (Å²) in [5, 5.41) is 4.64. The lowest BCUT2D eigenvalue weighted by Gasteiger charge is -2.16. The smallest absolute Gasteiger partial charge is 0.243 e. The van der Waals surface area contributed by atoms with Crippen molar-refractivity contribution in [1.29, 1.82) is 0 Å². The molecule has 22 heavy (non-hydrogen) atoms. The molecule has 0 unspecified atom stereocenters. The van der Waals surface area contributed by atoms with Gasteiger partial charge in [-0.25, -0.2) is 8.42 Å². The molecule has 0 atom stereocenters. The van der Waals surface area contributed by atoms with Crippen molar-refractivity contribution >= 4 is 43.2 Å². The van der Waals surface area contributed by atoms with Crippen LogP contribution >= 0.6 is 27.3 Å². The Kier molecular flexibility index (Phi) is 5.74. The van der Waals surface area contributed by atoms with Crippen molar-refractivity contribution in [1.82, 2.24) is 9.62 Å². The Balaban J connectivity index is 1.93. The van der Waals surface area contributed by atoms with Crippen molar-refractivity contribution in [3.63, 3.8) is 0 Å². The molecule has 1 amide bonds. The number of thiophene rings is 1. The topological polar surface area (TPSA) is 66.5 Å². The number of carbonyl (C=O) groups excluding carboxylic acids is 1. The standard InChI is InChI=1S/C14H15BrN2O3S2/c1-17(22(19,20)13-5-3-2-4-6-13)9-14(18)16-8-12-7-11(15)10-21-12/h2-7,10H,8-9H2,1H3,(H,16,18). The Morgan fingerprint density at radius 1 is 1.32 bits per heavy atom. The molecule has 0 aliphatic rings. The lowest BCUT2D eigenvalue weighted by molar-refractivity contribution is -0.121. The van der Waals surface area contributed by atoms with E-state index in [0.717, 1.165) is 13.7 Å². The zero-order chi connectivity index (χ0) is 16.2. The fourth-order valence-corrected chi connectivity index (χ4v) is 4.29. The highest BCUT2D eigenvalue weighted by atomic mass is 79.9. The molecule has 0 fully saturated rings. The Labute approximate surface area is 142 Å². The number of rotatable bonds is 6. The summed E-state index contributed by atoms with van der Waals surface area (Å²) in [5.74, 6) is -0.341. The Morgan fingerprint density at radius 2 is 2.00 bits per heavy atom. The van der Waals surface area contributed by atoms with Crippen LogP contribution in [-0.4, -0.2) is 32.2 Å². The lowest BCUT2D eigenvalue weighted by atomic mass is 10.4. The first-order valence-electron chi connectivity index (χ1n) is 6.40. The average molecular weight is 403 g/mol. The van der Waals surface area contributed by atoms with Crippen LogP contribution < -0.4 is 5.32 Å². The molecule has 0 spiro atoms. The minimum atomic E-state index is -3.65. The van der Waals surface area contributed by atoms with Gasteiger partial charge in [-0.15, -0.1) is 11.3 Å². The van der Waals surface area contributed by atoms with Crippen molar-refractivity contribution in [2.45, 2.75) is 11.4 Å². The number of likely N-dealkylation sites (N-methyl/N-ethyl adjacent to an activating group) is 1. The molecule has 0 saturated carbocycles. The van der Waals surface area contributed by atoms with E-state index in [1.54, 1.807) is 18.2 Å². The molecule has 1 aromatic heterocycles. The molecule has 0 radical (unpaired) electrons. The summed E-state index contributed by atoms with van der Waals surface area (Å²) in [6.45, 7) is 0.165. The van der Waals surface area contributed by atoms with Gasteiger partial charge < -0.3 is 5.32 Å². The minimum Gasteiger partial charge on any atom is -0.350 e. The van der Waals surface area contributed by atoms with Gasteiger partial charge in [-0.3, -0.25) is 4.79 Å². The molecule has 0 saturated heterocycles. The van der Waals surface area contributed by atoms with Crippen LogP contribution in [0.1, 0.15) is 4.88 Å². The number of nitrogens with one attached hydrogen (secondary N) is 1. The van der Waals surface area contributed by atoms with E-state index in [0.29, 0.717) is 6.54 Å². The summed E-state index contributed by atoms with van der Waals surface area (Å²) in [6.07, 6.45) is 0. The Morgan fingerprint density at radius 3 is 2.59 bits per heavy atom. The van der Waals surface area contributed by atoms with Gasteiger partial charge in [0, 0.05) is 21.8 Å². The Bertz CT molecular complexity index is 744. The Hall–Kier alpha value is -1.22. The number of halogens is 1. The number of carbonyl (C=O) groups is 1. The van der Waals surface area contributed by atoms with E-state index in [4.69, 9.17) is 0 Å². The SMILES string of the molecule is CN(CC(=O)NCc1cc(Br)cs1)S(=O)(=O)c1ccccc1. The molecule has 5 nitrogen and oxygen atoms in total. The van der Waals surface area contributed by atoms with Gasteiger partial charge >= 0.3 is 0 Å². The van der Waals surface area contributed by atoms with Crippen molar-refractivity contribution in [2.24, 2.45) is 0 Å². The molecule has 2 rings (SSSR count). The predicted molar refractivity (Wildman–Crippen MR) is 90.1 cm³/mol. The predicted octanol–water partition coefficient (Wildman–Crippen LogP) is 2.45. The number of benzene rings is 1. The highest BCUT2D eigenvalue weighted by molar-refractivity contribution is 9.10. The van der Waals surface area contributed by atoms with Crippen LogP contribution in [0.3, 0.4) is 0 Å². The minimum absolute atomic E-state index is 0.174. The number of sulfonamides is 1. The van der Waals surface area contributed by atoms with Crippen LogP contribution in [0.2, 0.25) is 0 Å². The van der Waals surface area contributed by atoms with Gasteiger partial charge in [0.25, 0.3) is 0 Å². The summed E-state index contributed by atoms with van der Waals surface area (Å²) >= 11 is 4.86. The molecule has 1 N–H and O–H groups in total. The second-order valence-electron chi connectivity index (χ2n) is 4.58. The van der Waals surface area contributed by atoms with Crippen LogP contribution in [0.5, 0.6) is 0 Å². The van der Waals surface area contributed by atoms with Gasteiger partial charge in [0.1, 0.15) is 0 Å². The molecule has 0 bridgehead atoms. The van der Waals surface area contributed by atoms with Crippen molar-refractivity contribution < 1.29 is 13.2 Å². The summed E-state index contributed by atoms with van der Waals surface area (Å²) in [6, 6.07) is 9.96. The van der Waals surface area contributed by atoms with Gasteiger partial charge in [-0.1, -0.05) is 18.2 Å². The van der Waals surface area contributed by atoms with Crippen LogP contribution in [0.4, 0.5) is 0 Å². The molecule has 0 aliphatic carbocycles. The third kappa shape index (κ3) is 4.39. The average Bonchev–Trinajstić information content (AvgIpc) is 2.91. The van der Waals surface area contributed by atoms with Crippen molar-refractivity contribution in [3.8, 4) is 0 Å². The number of nitrogens with zero attached hydrogens (tertiary/aromatic N) is 1. The number of amides is 1. The summed E-state index contributed by atoms with van der Waals surface area (Å²) < 4.78 is 26.6. The fourth-order valence-electron chi connectivity index (χ4n) is 1.75. The van der Waals surface area contributed by atoms with Crippen LogP contribution in [-0.2, 0) is 21.4 Å². The van der Waals surface area contributed by atoms with Crippen molar-refractivity contribution in [3.05, 3.63) is 51.1 Å². The van der Waals surface area contributed by atoms with Gasteiger partial charge in [0.05, 0.1) is 18.0 Å². The van der Waals surface area contributed by atoms with Crippen LogP contribution in [0.25, 0.3) is 0 Å². The lowest BCUT2D eigenvalue weighted by Crippen LogP contribution is -2.37. The van der Waals surface area contributed by atoms with E-state index >= 15 is 0 Å². The van der Waals surface area contributed by atoms with E-state index in [1.165, 1.54) is 30.5 Å². The van der Waals surface area contributed by atoms with Crippen LogP contribution in [0, 0.1) is 0 Å². The number of hydrogen-bond acceptors (Lipinski definition) is 4. The quantitative estimate of drug-likeness (QED) is 0.806. The maximum Gasteiger partial charge on any atom is 0.243 e. The zero-order valence-electron chi connectivity index (χ0n) is 11.8. The first kappa shape index (κ1) is 17.1. The van der Waals surface area contributed by atoms with E-state index in [-0.39, 0.29) is 17.3 Å². The monoisotopic (exact) mass is 402 g/mol. The molecule has 2 aromatic rings. The molecular weight excluding hydrogens is 388 g/mol. The molecule has 1 aromatic carbocycles. The summed E-state index contributed by atoms with van der Waals surface area (Å²) in [7, 11) is -2.25. The normalized spacial score (nSPS) is 11.6. The maximum atomic E-state index is 12.3. The third-order valence-corrected chi connectivity index (χ3v) is 6.41. The van der Waals surface area contributed by atoms with Gasteiger partial charge in [-0.2, -0.15) is 4.31 Å². The number of hydrogen-bond donors (Lipinski definition) is 1. The largest absolute Gasteiger partial charge is 0.350 e. The molecular formula is C14H15BrN2O3S2. The highest BCUT2D eigenvalue weighted by Crippen LogP contribution is 2.19. The fraction of sp³-hybridized carbons (Fsp3) is 0.214. The van der Waals surface area contributed by atoms with Crippen LogP contribution in [0.15, 0.2) is 51.1 Å². The first-order chi connectivity index (χ1) is 10.4. The zero-order valence-corrected chi connectivity index (χ0v) is 15.0. The van der Waals surface area contributed by atoms with Gasteiger partial charge in [0.2, 0.25) is 15.9 Å². The van der Waals surface area contributed by atoms with Gasteiger partial charge in [-0.05, 0) is 34.1 Å². The van der Waals surface area contributed by atoms with Crippen molar-refractivity contribution in [2.75, 3.05) is 13.6 Å². The second kappa shape index (κ2) is 7.36. The summed E-state index contributed by atoms with van der Waals surface area (Å²) in [4.78, 5) is 13.1. The first-order valence-corrected chi connectivity index (χ1v) is 9.52.